The van der Waals surface area contributed by atoms with E-state index in [1.54, 1.807) is 24.0 Å². The van der Waals surface area contributed by atoms with Gasteiger partial charge in [0.25, 0.3) is 0 Å². The number of hydrogen-bond donors (Lipinski definition) is 3. The molecule has 3 N–H and O–H groups in total. The summed E-state index contributed by atoms with van der Waals surface area (Å²) in [6, 6.07) is -0.922. The monoisotopic (exact) mass is 254 g/mol. The summed E-state index contributed by atoms with van der Waals surface area (Å²) >= 11 is 0. The Balaban J connectivity index is 2.14. The first-order valence-corrected chi connectivity index (χ1v) is 5.73. The summed E-state index contributed by atoms with van der Waals surface area (Å²) in [5.74, 6) is -0.352. The molecular weight excluding hydrogens is 236 g/mol. The lowest BCUT2D eigenvalue weighted by Gasteiger charge is -2.12. The molecule has 0 fully saturated rings. The Morgan fingerprint density at radius 1 is 1.44 bits per heavy atom. The second-order valence-electron chi connectivity index (χ2n) is 3.76. The first-order valence-electron chi connectivity index (χ1n) is 5.73. The second kappa shape index (κ2) is 7.38. The first-order chi connectivity index (χ1) is 8.63. The highest BCUT2D eigenvalue weighted by molar-refractivity contribution is 5.96. The highest BCUT2D eigenvalue weighted by Crippen LogP contribution is 1.88. The molecule has 0 aliphatic heterocycles. The molecule has 0 spiro atoms. The molecule has 18 heavy (non-hydrogen) atoms. The van der Waals surface area contributed by atoms with Crippen LogP contribution in [0.25, 0.3) is 0 Å². The van der Waals surface area contributed by atoms with Crippen molar-refractivity contribution in [2.24, 2.45) is 0 Å². The van der Waals surface area contributed by atoms with E-state index in [2.05, 4.69) is 26.3 Å². The molecule has 1 aromatic heterocycles. The standard InChI is InChI=1S/C10H18N6O2/c1-8(9(17)14-10(18)11-2)12-4-3-6-16-7-5-13-15-16/h5,7-8,12H,3-4,6H2,1-2H3,(H2,11,14,17,18). The Morgan fingerprint density at radius 2 is 2.22 bits per heavy atom. The van der Waals surface area contributed by atoms with Crippen molar-refractivity contribution in [3.8, 4) is 0 Å². The number of amides is 3. The van der Waals surface area contributed by atoms with E-state index in [-0.39, 0.29) is 5.91 Å². The summed E-state index contributed by atoms with van der Waals surface area (Å²) in [5.41, 5.74) is 0. The van der Waals surface area contributed by atoms with Crippen molar-refractivity contribution >= 4 is 11.9 Å². The van der Waals surface area contributed by atoms with Crippen LogP contribution in [0.1, 0.15) is 13.3 Å². The number of rotatable bonds is 6. The van der Waals surface area contributed by atoms with E-state index in [0.717, 1.165) is 13.0 Å². The molecule has 100 valence electrons. The van der Waals surface area contributed by atoms with Crippen LogP contribution in [-0.4, -0.2) is 46.6 Å². The molecule has 1 unspecified atom stereocenters. The highest BCUT2D eigenvalue weighted by Gasteiger charge is 2.13. The fraction of sp³-hybridized carbons (Fsp3) is 0.600. The van der Waals surface area contributed by atoms with Gasteiger partial charge in [-0.05, 0) is 19.9 Å². The lowest BCUT2D eigenvalue weighted by Crippen LogP contribution is -2.47. The van der Waals surface area contributed by atoms with Gasteiger partial charge < -0.3 is 10.6 Å². The molecule has 1 aromatic rings. The van der Waals surface area contributed by atoms with Crippen LogP contribution in [0.4, 0.5) is 4.79 Å². The van der Waals surface area contributed by atoms with Crippen LogP contribution in [0.3, 0.4) is 0 Å². The molecule has 8 nitrogen and oxygen atoms in total. The summed E-state index contributed by atoms with van der Waals surface area (Å²) in [4.78, 5) is 22.4. The molecule has 1 heterocycles. The van der Waals surface area contributed by atoms with Crippen LogP contribution < -0.4 is 16.0 Å². The van der Waals surface area contributed by atoms with Crippen LogP contribution in [-0.2, 0) is 11.3 Å². The molecule has 0 aromatic carbocycles. The third kappa shape index (κ3) is 4.91. The number of imide groups is 1. The average Bonchev–Trinajstić information content (AvgIpc) is 2.87. The van der Waals surface area contributed by atoms with Crippen molar-refractivity contribution in [1.82, 2.24) is 30.9 Å². The zero-order valence-electron chi connectivity index (χ0n) is 10.5. The average molecular weight is 254 g/mol. The Labute approximate surface area is 105 Å². The fourth-order valence-electron chi connectivity index (χ4n) is 1.29. The van der Waals surface area contributed by atoms with Gasteiger partial charge in [-0.25, -0.2) is 4.79 Å². The Kier molecular flexibility index (Phi) is 5.78. The van der Waals surface area contributed by atoms with Gasteiger partial charge in [0.2, 0.25) is 5.91 Å². The molecule has 3 amide bonds. The van der Waals surface area contributed by atoms with Gasteiger partial charge in [-0.3, -0.25) is 14.8 Å². The van der Waals surface area contributed by atoms with E-state index in [0.29, 0.717) is 6.54 Å². The van der Waals surface area contributed by atoms with Crippen LogP contribution >= 0.6 is 0 Å². The van der Waals surface area contributed by atoms with Crippen molar-refractivity contribution in [3.63, 3.8) is 0 Å². The number of aromatic nitrogens is 3. The summed E-state index contributed by atoms with van der Waals surface area (Å²) < 4.78 is 1.72. The topological polar surface area (TPSA) is 101 Å². The maximum absolute atomic E-state index is 11.5. The Bertz CT molecular complexity index is 378. The molecule has 1 atom stereocenters. The minimum atomic E-state index is -0.503. The summed E-state index contributed by atoms with van der Waals surface area (Å²) in [6.45, 7) is 3.09. The van der Waals surface area contributed by atoms with Crippen LogP contribution in [0.2, 0.25) is 0 Å². The van der Waals surface area contributed by atoms with Crippen molar-refractivity contribution in [1.29, 1.82) is 0 Å². The first kappa shape index (κ1) is 14.1. The molecule has 0 radical (unpaired) electrons. The van der Waals surface area contributed by atoms with Crippen molar-refractivity contribution < 1.29 is 9.59 Å². The number of nitrogens with zero attached hydrogens (tertiary/aromatic N) is 3. The van der Waals surface area contributed by atoms with Crippen molar-refractivity contribution in [2.75, 3.05) is 13.6 Å². The number of hydrogen-bond acceptors (Lipinski definition) is 5. The van der Waals surface area contributed by atoms with Gasteiger partial charge in [0.1, 0.15) is 0 Å². The number of nitrogens with one attached hydrogen (secondary N) is 3. The van der Waals surface area contributed by atoms with E-state index in [4.69, 9.17) is 0 Å². The van der Waals surface area contributed by atoms with Gasteiger partial charge in [0.15, 0.2) is 0 Å². The van der Waals surface area contributed by atoms with E-state index in [9.17, 15) is 9.59 Å². The van der Waals surface area contributed by atoms with Crippen LogP contribution in [0, 0.1) is 0 Å². The molecule has 8 heteroatoms. The van der Waals surface area contributed by atoms with Gasteiger partial charge in [0.05, 0.1) is 12.2 Å². The molecule has 0 aliphatic rings. The number of urea groups is 1. The predicted molar refractivity (Wildman–Crippen MR) is 64.7 cm³/mol. The van der Waals surface area contributed by atoms with Gasteiger partial charge >= 0.3 is 6.03 Å². The van der Waals surface area contributed by atoms with Gasteiger partial charge in [-0.2, -0.15) is 0 Å². The lowest BCUT2D eigenvalue weighted by molar-refractivity contribution is -0.121. The van der Waals surface area contributed by atoms with Gasteiger partial charge in [-0.1, -0.05) is 5.21 Å². The van der Waals surface area contributed by atoms with E-state index >= 15 is 0 Å². The quantitative estimate of drug-likeness (QED) is 0.571. The molecule has 0 saturated carbocycles. The van der Waals surface area contributed by atoms with E-state index in [1.807, 2.05) is 0 Å². The molecular formula is C10H18N6O2. The lowest BCUT2D eigenvalue weighted by atomic mass is 10.3. The number of aryl methyl sites for hydroxylation is 1. The number of carbonyl (C=O) groups excluding carboxylic acids is 2. The fourth-order valence-corrected chi connectivity index (χ4v) is 1.29. The molecule has 0 aliphatic carbocycles. The normalized spacial score (nSPS) is 11.9. The smallest absolute Gasteiger partial charge is 0.321 e. The highest BCUT2D eigenvalue weighted by atomic mass is 16.2. The summed E-state index contributed by atoms with van der Waals surface area (Å²) in [7, 11) is 1.46. The number of carbonyl (C=O) groups is 2. The predicted octanol–water partition coefficient (Wildman–Crippen LogP) is -0.898. The SMILES string of the molecule is CNC(=O)NC(=O)C(C)NCCCn1ccnn1. The molecule has 1 rings (SSSR count). The zero-order valence-corrected chi connectivity index (χ0v) is 10.5. The van der Waals surface area contributed by atoms with Crippen LogP contribution in [0.5, 0.6) is 0 Å². The Hall–Kier alpha value is -1.96. The van der Waals surface area contributed by atoms with Crippen molar-refractivity contribution in [2.45, 2.75) is 25.9 Å². The molecule has 0 saturated heterocycles. The third-order valence-corrected chi connectivity index (χ3v) is 2.34. The maximum atomic E-state index is 11.5. The maximum Gasteiger partial charge on any atom is 0.321 e. The van der Waals surface area contributed by atoms with Crippen molar-refractivity contribution in [3.05, 3.63) is 12.4 Å². The Morgan fingerprint density at radius 3 is 2.83 bits per heavy atom. The zero-order chi connectivity index (χ0) is 13.4. The third-order valence-electron chi connectivity index (χ3n) is 2.34. The molecule has 0 bridgehead atoms. The van der Waals surface area contributed by atoms with Gasteiger partial charge in [-0.15, -0.1) is 5.10 Å². The largest absolute Gasteiger partial charge is 0.341 e. The summed E-state index contributed by atoms with van der Waals surface area (Å²) in [5, 5.41) is 15.1. The minimum absolute atomic E-state index is 0.352. The minimum Gasteiger partial charge on any atom is -0.341 e. The van der Waals surface area contributed by atoms with E-state index < -0.39 is 12.1 Å². The van der Waals surface area contributed by atoms with E-state index in [1.165, 1.54) is 7.05 Å². The van der Waals surface area contributed by atoms with Gasteiger partial charge in [0, 0.05) is 19.8 Å². The van der Waals surface area contributed by atoms with Crippen LogP contribution in [0.15, 0.2) is 12.4 Å². The second-order valence-corrected chi connectivity index (χ2v) is 3.76. The summed E-state index contributed by atoms with van der Waals surface area (Å²) in [6.07, 6.45) is 4.22.